The summed E-state index contributed by atoms with van der Waals surface area (Å²) in [5.41, 5.74) is -1.30. The second kappa shape index (κ2) is 12.3. The van der Waals surface area contributed by atoms with Gasteiger partial charge in [-0.15, -0.1) is 0 Å². The van der Waals surface area contributed by atoms with E-state index in [1.165, 1.54) is 24.3 Å². The Bertz CT molecular complexity index is 1210. The number of hydrogen-bond acceptors (Lipinski definition) is 11. The molecular formula is C30H40O12. The van der Waals surface area contributed by atoms with E-state index in [2.05, 4.69) is 6.58 Å². The molecule has 2 aliphatic carbocycles. The number of carbonyl (C=O) groups excluding carboxylic acids is 1. The van der Waals surface area contributed by atoms with Crippen LogP contribution in [0.2, 0.25) is 0 Å². The number of carbonyl (C=O) groups is 2. The van der Waals surface area contributed by atoms with Gasteiger partial charge in [0.15, 0.2) is 17.8 Å². The summed E-state index contributed by atoms with van der Waals surface area (Å²) in [4.78, 5) is 24.1. The number of carboxylic acids is 1. The van der Waals surface area contributed by atoms with Crippen molar-refractivity contribution in [3.05, 3.63) is 42.0 Å². The number of hydrogen-bond donors (Lipinski definition) is 7. The summed E-state index contributed by atoms with van der Waals surface area (Å²) in [6.45, 7) is 6.92. The first-order valence-corrected chi connectivity index (χ1v) is 14.0. The van der Waals surface area contributed by atoms with E-state index in [4.69, 9.17) is 14.2 Å². The fourth-order valence-electron chi connectivity index (χ4n) is 6.72. The van der Waals surface area contributed by atoms with Crippen molar-refractivity contribution in [2.24, 2.45) is 17.3 Å². The maximum atomic E-state index is 12.3. The third kappa shape index (κ3) is 6.48. The molecule has 12 heteroatoms. The fraction of sp³-hybridized carbons (Fsp3) is 0.600. The van der Waals surface area contributed by atoms with E-state index < -0.39 is 72.3 Å². The van der Waals surface area contributed by atoms with Crippen molar-refractivity contribution in [3.8, 4) is 11.5 Å². The maximum Gasteiger partial charge on any atom is 0.331 e. The summed E-state index contributed by atoms with van der Waals surface area (Å²) in [5, 5.41) is 71.7. The highest BCUT2D eigenvalue weighted by Gasteiger charge is 2.58. The number of ether oxygens (including phenoxy) is 3. The van der Waals surface area contributed by atoms with Gasteiger partial charge in [0.1, 0.15) is 31.0 Å². The van der Waals surface area contributed by atoms with E-state index in [0.717, 1.165) is 6.08 Å². The van der Waals surface area contributed by atoms with Gasteiger partial charge in [0.25, 0.3) is 0 Å². The smallest absolute Gasteiger partial charge is 0.331 e. The number of esters is 1. The molecule has 1 heterocycles. The first-order valence-electron chi connectivity index (χ1n) is 14.0. The Morgan fingerprint density at radius 2 is 1.79 bits per heavy atom. The zero-order chi connectivity index (χ0) is 31.0. The number of phenols is 2. The number of phenolic OH excluding ortho intramolecular Hbond substituents is 2. The summed E-state index contributed by atoms with van der Waals surface area (Å²) in [6, 6.07) is 3.96. The molecule has 1 aromatic rings. The molecule has 1 saturated heterocycles. The highest BCUT2D eigenvalue weighted by atomic mass is 16.7. The van der Waals surface area contributed by atoms with Crippen LogP contribution in [0.3, 0.4) is 0 Å². The van der Waals surface area contributed by atoms with Crippen LogP contribution in [-0.2, 0) is 23.8 Å². The van der Waals surface area contributed by atoms with Crippen LogP contribution >= 0.6 is 0 Å². The van der Waals surface area contributed by atoms with Crippen LogP contribution in [0, 0.1) is 17.3 Å². The third-order valence-corrected chi connectivity index (χ3v) is 9.24. The van der Waals surface area contributed by atoms with Gasteiger partial charge in [0.2, 0.25) is 0 Å². The molecule has 3 aliphatic rings. The Morgan fingerprint density at radius 1 is 1.07 bits per heavy atom. The first-order chi connectivity index (χ1) is 19.6. The van der Waals surface area contributed by atoms with E-state index in [1.807, 2.05) is 6.92 Å². The van der Waals surface area contributed by atoms with Gasteiger partial charge >= 0.3 is 11.9 Å². The summed E-state index contributed by atoms with van der Waals surface area (Å²) < 4.78 is 17.2. The SMILES string of the molecule is C=C(C(=O)O)[C@@H]1C[C@H](O[C@H]2O[C@H](COC(=O)C=Cc3ccc(O)c(O)c3)[C@@H](O)[C@H](O)[C@H]2O)[C@@]2(C)CCC[C@](C)(O)[C@@H]2C1. The third-order valence-electron chi connectivity index (χ3n) is 9.24. The second-order valence-corrected chi connectivity index (χ2v) is 12.1. The first kappa shape index (κ1) is 31.9. The van der Waals surface area contributed by atoms with Crippen LogP contribution in [0.1, 0.15) is 51.5 Å². The van der Waals surface area contributed by atoms with E-state index in [1.54, 1.807) is 6.92 Å². The average molecular weight is 593 g/mol. The van der Waals surface area contributed by atoms with E-state index in [-0.39, 0.29) is 29.4 Å². The highest BCUT2D eigenvalue weighted by molar-refractivity contribution is 5.87. The number of carboxylic acid groups (broad SMARTS) is 1. The van der Waals surface area contributed by atoms with Gasteiger partial charge in [-0.2, -0.15) is 0 Å². The van der Waals surface area contributed by atoms with Crippen LogP contribution in [0.5, 0.6) is 11.5 Å². The minimum Gasteiger partial charge on any atom is -0.504 e. The van der Waals surface area contributed by atoms with Gasteiger partial charge in [0, 0.05) is 11.6 Å². The molecule has 0 spiro atoms. The number of fused-ring (bicyclic) bond motifs is 1. The van der Waals surface area contributed by atoms with Gasteiger partial charge in [-0.25, -0.2) is 9.59 Å². The van der Waals surface area contributed by atoms with Gasteiger partial charge in [-0.3, -0.25) is 0 Å². The minimum atomic E-state index is -1.70. The van der Waals surface area contributed by atoms with Crippen LogP contribution in [0.15, 0.2) is 36.4 Å². The molecule has 0 bridgehead atoms. The molecule has 1 aromatic carbocycles. The highest BCUT2D eigenvalue weighted by Crippen LogP contribution is 2.57. The lowest BCUT2D eigenvalue weighted by Crippen LogP contribution is -2.63. The van der Waals surface area contributed by atoms with Crippen molar-refractivity contribution < 1.29 is 59.5 Å². The van der Waals surface area contributed by atoms with Gasteiger partial charge in [-0.1, -0.05) is 19.6 Å². The van der Waals surface area contributed by atoms with Gasteiger partial charge in [0.05, 0.1) is 11.7 Å². The predicted octanol–water partition coefficient (Wildman–Crippen LogP) is 1.46. The Labute approximate surface area is 243 Å². The van der Waals surface area contributed by atoms with E-state index in [0.29, 0.717) is 31.2 Å². The summed E-state index contributed by atoms with van der Waals surface area (Å²) in [7, 11) is 0. The molecule has 0 aromatic heterocycles. The Morgan fingerprint density at radius 3 is 2.45 bits per heavy atom. The Hall–Kier alpha value is -3.00. The summed E-state index contributed by atoms with van der Waals surface area (Å²) in [6.07, 6.45) is -3.44. The molecule has 10 atom stereocenters. The lowest BCUT2D eigenvalue weighted by molar-refractivity contribution is -0.330. The van der Waals surface area contributed by atoms with Crippen molar-refractivity contribution in [3.63, 3.8) is 0 Å². The van der Waals surface area contributed by atoms with E-state index in [9.17, 15) is 45.3 Å². The number of aliphatic hydroxyl groups is 4. The molecule has 0 radical (unpaired) electrons. The molecule has 232 valence electrons. The average Bonchev–Trinajstić information content (AvgIpc) is 2.93. The normalized spacial score (nSPS) is 38.5. The number of rotatable bonds is 8. The van der Waals surface area contributed by atoms with E-state index >= 15 is 0 Å². The van der Waals surface area contributed by atoms with Crippen molar-refractivity contribution in [1.82, 2.24) is 0 Å². The van der Waals surface area contributed by atoms with Crippen molar-refractivity contribution in [1.29, 1.82) is 0 Å². The lowest BCUT2D eigenvalue weighted by Gasteiger charge is -2.58. The molecule has 1 aliphatic heterocycles. The largest absolute Gasteiger partial charge is 0.504 e. The van der Waals surface area contributed by atoms with Crippen LogP contribution in [0.4, 0.5) is 0 Å². The topological polar surface area (TPSA) is 203 Å². The summed E-state index contributed by atoms with van der Waals surface area (Å²) >= 11 is 0. The lowest BCUT2D eigenvalue weighted by atomic mass is 9.51. The summed E-state index contributed by atoms with van der Waals surface area (Å²) in [5.74, 6) is -3.50. The van der Waals surface area contributed by atoms with Crippen LogP contribution in [-0.4, -0.2) is 96.7 Å². The maximum absolute atomic E-state index is 12.3. The molecule has 42 heavy (non-hydrogen) atoms. The zero-order valence-electron chi connectivity index (χ0n) is 23.6. The molecule has 0 amide bonds. The predicted molar refractivity (Wildman–Crippen MR) is 147 cm³/mol. The molecule has 4 rings (SSSR count). The van der Waals surface area contributed by atoms with Crippen LogP contribution < -0.4 is 0 Å². The minimum absolute atomic E-state index is 0.00653. The standard InChI is InChI=1S/C30H40O12/c1-15(27(37)38)17-12-21-29(2,9-4-10-30(21,3)39)22(13-17)42-28-26(36)25(35)24(34)20(41-28)14-40-23(33)8-6-16-5-7-18(31)19(32)11-16/h5-8,11,17,20-22,24-26,28,31-32,34-36,39H,1,4,9-10,12-14H2,2-3H3,(H,37,38)/t17-,20+,21+,22-,24+,25-,26+,28+,29-,30-/m0/s1. The monoisotopic (exact) mass is 592 g/mol. The molecule has 7 N–H and O–H groups in total. The Kier molecular flexibility index (Phi) is 9.36. The Balaban J connectivity index is 1.47. The number of aromatic hydroxyl groups is 2. The second-order valence-electron chi connectivity index (χ2n) is 12.1. The van der Waals surface area contributed by atoms with Crippen molar-refractivity contribution in [2.45, 2.75) is 88.4 Å². The van der Waals surface area contributed by atoms with Crippen LogP contribution in [0.25, 0.3) is 6.08 Å². The fourth-order valence-corrected chi connectivity index (χ4v) is 6.72. The quantitative estimate of drug-likeness (QED) is 0.130. The van der Waals surface area contributed by atoms with Gasteiger partial charge < -0.3 is 50.0 Å². The molecular weight excluding hydrogens is 552 g/mol. The number of aliphatic hydroxyl groups excluding tert-OH is 3. The number of benzene rings is 1. The van der Waals surface area contributed by atoms with Crippen molar-refractivity contribution >= 4 is 18.0 Å². The van der Waals surface area contributed by atoms with Gasteiger partial charge in [-0.05, 0) is 80.1 Å². The molecule has 2 saturated carbocycles. The van der Waals surface area contributed by atoms with Crippen molar-refractivity contribution in [2.75, 3.05) is 6.61 Å². The number of aliphatic carboxylic acids is 1. The molecule has 3 fully saturated rings. The zero-order valence-corrected chi connectivity index (χ0v) is 23.6. The molecule has 0 unspecified atom stereocenters. The molecule has 12 nitrogen and oxygen atoms in total.